The quantitative estimate of drug-likeness (QED) is 0.778. The fourth-order valence-electron chi connectivity index (χ4n) is 3.36. The number of benzene rings is 1. The lowest BCUT2D eigenvalue weighted by molar-refractivity contribution is 0.142. The summed E-state index contributed by atoms with van der Waals surface area (Å²) in [5, 5.41) is 3.48. The number of hydrogen-bond donors (Lipinski definition) is 1. The summed E-state index contributed by atoms with van der Waals surface area (Å²) >= 11 is 0. The van der Waals surface area contributed by atoms with Crippen LogP contribution in [-0.2, 0) is 13.6 Å². The molecule has 1 saturated heterocycles. The zero-order valence-electron chi connectivity index (χ0n) is 14.5. The SMILES string of the molecule is Cc1nc2ccccc2nc1CN1CCNCC1c1nccn1C.Cl. The van der Waals surface area contributed by atoms with E-state index in [1.54, 1.807) is 0 Å². The van der Waals surface area contributed by atoms with E-state index in [9.17, 15) is 0 Å². The van der Waals surface area contributed by atoms with Crippen LogP contribution in [0.3, 0.4) is 0 Å². The van der Waals surface area contributed by atoms with E-state index in [2.05, 4.69) is 26.8 Å². The normalized spacial score (nSPS) is 18.2. The highest BCUT2D eigenvalue weighted by Gasteiger charge is 2.27. The molecule has 7 heteroatoms. The molecule has 1 fully saturated rings. The number of aryl methyl sites for hydroxylation is 2. The first-order valence-electron chi connectivity index (χ1n) is 8.36. The van der Waals surface area contributed by atoms with Gasteiger partial charge in [0.25, 0.3) is 0 Å². The minimum absolute atomic E-state index is 0. The summed E-state index contributed by atoms with van der Waals surface area (Å²) in [6, 6.07) is 8.31. The van der Waals surface area contributed by atoms with Crippen molar-refractivity contribution in [1.82, 2.24) is 29.7 Å². The van der Waals surface area contributed by atoms with Gasteiger partial charge in [-0.15, -0.1) is 12.4 Å². The lowest BCUT2D eigenvalue weighted by Crippen LogP contribution is -2.46. The average Bonchev–Trinajstić information content (AvgIpc) is 3.02. The molecule has 0 saturated carbocycles. The summed E-state index contributed by atoms with van der Waals surface area (Å²) in [6.07, 6.45) is 3.87. The molecule has 2 aromatic heterocycles. The van der Waals surface area contributed by atoms with E-state index >= 15 is 0 Å². The highest BCUT2D eigenvalue weighted by Crippen LogP contribution is 2.23. The summed E-state index contributed by atoms with van der Waals surface area (Å²) in [5.74, 6) is 1.09. The van der Waals surface area contributed by atoms with Crippen molar-refractivity contribution in [3.05, 3.63) is 53.9 Å². The van der Waals surface area contributed by atoms with E-state index in [4.69, 9.17) is 9.97 Å². The average molecular weight is 359 g/mol. The van der Waals surface area contributed by atoms with Crippen molar-refractivity contribution >= 4 is 23.4 Å². The number of aromatic nitrogens is 4. The van der Waals surface area contributed by atoms with Crippen LogP contribution in [0.2, 0.25) is 0 Å². The van der Waals surface area contributed by atoms with Crippen LogP contribution in [0.5, 0.6) is 0 Å². The molecule has 6 nitrogen and oxygen atoms in total. The van der Waals surface area contributed by atoms with Crippen LogP contribution in [0.15, 0.2) is 36.7 Å². The molecule has 3 heterocycles. The van der Waals surface area contributed by atoms with E-state index in [1.165, 1.54) is 0 Å². The van der Waals surface area contributed by atoms with Crippen LogP contribution < -0.4 is 5.32 Å². The van der Waals surface area contributed by atoms with E-state index < -0.39 is 0 Å². The van der Waals surface area contributed by atoms with E-state index in [0.29, 0.717) is 0 Å². The third-order valence-electron chi connectivity index (χ3n) is 4.71. The number of piperazine rings is 1. The molecule has 1 aliphatic heterocycles. The van der Waals surface area contributed by atoms with Crippen molar-refractivity contribution in [3.63, 3.8) is 0 Å². The molecule has 3 aromatic rings. The van der Waals surface area contributed by atoms with Crippen LogP contribution in [-0.4, -0.2) is 44.1 Å². The molecule has 1 atom stereocenters. The summed E-state index contributed by atoms with van der Waals surface area (Å²) < 4.78 is 2.10. The number of nitrogens with one attached hydrogen (secondary N) is 1. The molecule has 1 N–H and O–H groups in total. The van der Waals surface area contributed by atoms with Gasteiger partial charge in [0, 0.05) is 45.6 Å². The van der Waals surface area contributed by atoms with Crippen LogP contribution in [0.25, 0.3) is 11.0 Å². The molecule has 132 valence electrons. The molecule has 25 heavy (non-hydrogen) atoms. The molecule has 0 radical (unpaired) electrons. The molecule has 0 bridgehead atoms. The number of nitrogens with zero attached hydrogens (tertiary/aromatic N) is 5. The van der Waals surface area contributed by atoms with E-state index in [-0.39, 0.29) is 18.4 Å². The maximum absolute atomic E-state index is 4.86. The first-order chi connectivity index (χ1) is 11.7. The second kappa shape index (κ2) is 7.47. The number of hydrogen-bond acceptors (Lipinski definition) is 5. The Morgan fingerprint density at radius 3 is 2.68 bits per heavy atom. The third-order valence-corrected chi connectivity index (χ3v) is 4.71. The van der Waals surface area contributed by atoms with Crippen molar-refractivity contribution < 1.29 is 0 Å². The summed E-state index contributed by atoms with van der Waals surface area (Å²) in [6.45, 7) is 5.72. The number of para-hydroxylation sites is 2. The Bertz CT molecular complexity index is 862. The minimum atomic E-state index is 0. The van der Waals surface area contributed by atoms with Crippen LogP contribution in [0, 0.1) is 6.92 Å². The largest absolute Gasteiger partial charge is 0.337 e. The standard InChI is InChI=1S/C18H22N6.ClH/c1-13-16(22-15-6-4-3-5-14(15)21-13)12-24-10-7-19-11-17(24)18-20-8-9-23(18)2;/h3-6,8-9,17,19H,7,10-12H2,1-2H3;1H. The molecular weight excluding hydrogens is 336 g/mol. The van der Waals surface area contributed by atoms with Gasteiger partial charge in [-0.05, 0) is 19.1 Å². The number of halogens is 1. The van der Waals surface area contributed by atoms with Gasteiger partial charge in [0.05, 0.1) is 28.5 Å². The number of imidazole rings is 1. The molecule has 0 amide bonds. The lowest BCUT2D eigenvalue weighted by atomic mass is 10.1. The molecule has 1 unspecified atom stereocenters. The van der Waals surface area contributed by atoms with Crippen LogP contribution in [0.1, 0.15) is 23.3 Å². The smallest absolute Gasteiger partial charge is 0.127 e. The minimum Gasteiger partial charge on any atom is -0.337 e. The zero-order valence-corrected chi connectivity index (χ0v) is 15.3. The Hall–Kier alpha value is -2.02. The number of rotatable bonds is 3. The molecule has 0 spiro atoms. The second-order valence-electron chi connectivity index (χ2n) is 6.33. The Morgan fingerprint density at radius 1 is 1.20 bits per heavy atom. The fraction of sp³-hybridized carbons (Fsp3) is 0.389. The predicted octanol–water partition coefficient (Wildman–Crippen LogP) is 2.24. The van der Waals surface area contributed by atoms with Crippen molar-refractivity contribution in [2.75, 3.05) is 19.6 Å². The van der Waals surface area contributed by atoms with Gasteiger partial charge in [0.2, 0.25) is 0 Å². The highest BCUT2D eigenvalue weighted by molar-refractivity contribution is 5.85. The molecular formula is C18H23ClN6. The molecule has 4 rings (SSSR count). The van der Waals surface area contributed by atoms with Crippen LogP contribution in [0.4, 0.5) is 0 Å². The van der Waals surface area contributed by atoms with Crippen molar-refractivity contribution in [2.24, 2.45) is 7.05 Å². The van der Waals surface area contributed by atoms with Crippen LogP contribution >= 0.6 is 12.4 Å². The van der Waals surface area contributed by atoms with Gasteiger partial charge in [0.15, 0.2) is 0 Å². The van der Waals surface area contributed by atoms with Crippen molar-refractivity contribution in [1.29, 1.82) is 0 Å². The Labute approximate surface area is 153 Å². The third kappa shape index (κ3) is 3.51. The Kier molecular flexibility index (Phi) is 5.32. The number of fused-ring (bicyclic) bond motifs is 1. The van der Waals surface area contributed by atoms with Crippen molar-refractivity contribution in [2.45, 2.75) is 19.5 Å². The maximum Gasteiger partial charge on any atom is 0.127 e. The first-order valence-corrected chi connectivity index (χ1v) is 8.36. The van der Waals surface area contributed by atoms with E-state index in [0.717, 1.165) is 54.4 Å². The fourth-order valence-corrected chi connectivity index (χ4v) is 3.36. The van der Waals surface area contributed by atoms with Gasteiger partial charge in [-0.2, -0.15) is 0 Å². The topological polar surface area (TPSA) is 58.9 Å². The predicted molar refractivity (Wildman–Crippen MR) is 101 cm³/mol. The maximum atomic E-state index is 4.86. The van der Waals surface area contributed by atoms with Gasteiger partial charge < -0.3 is 9.88 Å². The Balaban J connectivity index is 0.00000182. The van der Waals surface area contributed by atoms with Gasteiger partial charge >= 0.3 is 0 Å². The first kappa shape index (κ1) is 17.8. The highest BCUT2D eigenvalue weighted by atomic mass is 35.5. The molecule has 1 aromatic carbocycles. The Morgan fingerprint density at radius 2 is 1.96 bits per heavy atom. The van der Waals surface area contributed by atoms with Gasteiger partial charge in [-0.3, -0.25) is 4.90 Å². The van der Waals surface area contributed by atoms with Crippen molar-refractivity contribution in [3.8, 4) is 0 Å². The van der Waals surface area contributed by atoms with Gasteiger partial charge in [-0.1, -0.05) is 12.1 Å². The molecule has 0 aliphatic carbocycles. The monoisotopic (exact) mass is 358 g/mol. The van der Waals surface area contributed by atoms with Gasteiger partial charge in [0.1, 0.15) is 5.82 Å². The summed E-state index contributed by atoms with van der Waals surface area (Å²) in [5.41, 5.74) is 3.97. The summed E-state index contributed by atoms with van der Waals surface area (Å²) in [7, 11) is 2.05. The molecule has 1 aliphatic rings. The van der Waals surface area contributed by atoms with Gasteiger partial charge in [-0.25, -0.2) is 15.0 Å². The van der Waals surface area contributed by atoms with E-state index in [1.807, 2.05) is 43.6 Å². The second-order valence-corrected chi connectivity index (χ2v) is 6.33. The summed E-state index contributed by atoms with van der Waals surface area (Å²) in [4.78, 5) is 16.6. The zero-order chi connectivity index (χ0) is 16.5. The lowest BCUT2D eigenvalue weighted by Gasteiger charge is -2.35.